The molecule has 0 fully saturated rings. The van der Waals surface area contributed by atoms with E-state index in [-0.39, 0.29) is 5.78 Å². The summed E-state index contributed by atoms with van der Waals surface area (Å²) in [6.07, 6.45) is 0. The van der Waals surface area contributed by atoms with Gasteiger partial charge in [0.25, 0.3) is 0 Å². The minimum absolute atomic E-state index is 0.0299. The number of hydrogen-bond acceptors (Lipinski definition) is 17. The second-order valence-corrected chi connectivity index (χ2v) is 29.4. The molecule has 17 heteroatoms. The summed E-state index contributed by atoms with van der Waals surface area (Å²) in [6, 6.07) is 119. The number of fused-ring (bicyclic) bond motifs is 7. The molecule has 0 saturated carbocycles. The van der Waals surface area contributed by atoms with E-state index >= 15 is 4.79 Å². The van der Waals surface area contributed by atoms with Crippen molar-refractivity contribution in [2.24, 2.45) is 0 Å². The van der Waals surface area contributed by atoms with Crippen molar-refractivity contribution in [2.75, 3.05) is 86.3 Å². The Morgan fingerprint density at radius 2 is 0.385 bits per heavy atom. The highest BCUT2D eigenvalue weighted by Crippen LogP contribution is 2.58. The Balaban J connectivity index is 0.644. The Bertz CT molecular complexity index is 5670. The summed E-state index contributed by atoms with van der Waals surface area (Å²) < 4.78 is 59.3. The zero-order valence-corrected chi connectivity index (χ0v) is 68.2. The van der Waals surface area contributed by atoms with Crippen LogP contribution in [0.2, 0.25) is 0 Å². The minimum Gasteiger partial charge on any atom is -0.497 e. The van der Waals surface area contributed by atoms with Crippen LogP contribution in [0.5, 0.6) is 69.0 Å². The normalized spacial score (nSPS) is 11.9. The Hall–Kier alpha value is -16.0. The highest BCUT2D eigenvalue weighted by Gasteiger charge is 2.34. The second-order valence-electron chi connectivity index (χ2n) is 29.4. The van der Waals surface area contributed by atoms with Crippen LogP contribution in [-0.4, -0.2) is 62.7 Å². The first-order valence-electron chi connectivity index (χ1n) is 39.8. The number of benzene rings is 16. The predicted octanol–water partition coefficient (Wildman–Crippen LogP) is 27.3. The Labute approximate surface area is 707 Å². The molecule has 0 atom stereocenters. The molecule has 19 rings (SSSR count). The average Bonchev–Trinajstić information content (AvgIpc) is 1.42. The zero-order valence-electron chi connectivity index (χ0n) is 68.2. The van der Waals surface area contributed by atoms with E-state index in [9.17, 15) is 0 Å². The summed E-state index contributed by atoms with van der Waals surface area (Å²) in [5.41, 5.74) is 22.7. The highest BCUT2D eigenvalue weighted by molar-refractivity contribution is 6.22. The average molecular weight is 1600 g/mol. The molecule has 16 aromatic rings. The molecule has 0 bridgehead atoms. The van der Waals surface area contributed by atoms with Gasteiger partial charge in [-0.05, 0) is 312 Å². The molecule has 598 valence electrons. The van der Waals surface area contributed by atoms with Crippen LogP contribution in [0.4, 0.5) is 102 Å². The van der Waals surface area contributed by atoms with Gasteiger partial charge in [-0.2, -0.15) is 0 Å². The van der Waals surface area contributed by atoms with Gasteiger partial charge in [0.15, 0.2) is 28.8 Å². The van der Waals surface area contributed by atoms with Gasteiger partial charge in [0, 0.05) is 115 Å². The van der Waals surface area contributed by atoms with E-state index in [0.29, 0.717) is 34.1 Å². The van der Waals surface area contributed by atoms with Crippen molar-refractivity contribution in [3.8, 4) is 102 Å². The molecular weight excluding hydrogens is 1520 g/mol. The lowest BCUT2D eigenvalue weighted by Crippen LogP contribution is -2.18. The van der Waals surface area contributed by atoms with Crippen molar-refractivity contribution in [1.82, 2.24) is 0 Å². The van der Waals surface area contributed by atoms with Crippen molar-refractivity contribution in [2.45, 2.75) is 0 Å². The molecule has 0 unspecified atom stereocenters. The molecule has 0 saturated heterocycles. The van der Waals surface area contributed by atoms with E-state index in [0.717, 1.165) is 182 Å². The fourth-order valence-corrected chi connectivity index (χ4v) is 16.4. The van der Waals surface area contributed by atoms with Crippen molar-refractivity contribution < 1.29 is 52.2 Å². The number of nitrogens with zero attached hydrogens (tertiary/aromatic N) is 6. The summed E-state index contributed by atoms with van der Waals surface area (Å²) in [5.74, 6) is 8.47. The number of carbonyl (C=O) groups is 1. The number of anilines is 18. The first-order valence-corrected chi connectivity index (χ1v) is 39.8. The zero-order chi connectivity index (χ0) is 83.1. The monoisotopic (exact) mass is 1600 g/mol. The third-order valence-electron chi connectivity index (χ3n) is 22.6. The molecule has 0 radical (unpaired) electrons. The first-order chi connectivity index (χ1) is 59.9. The Morgan fingerprint density at radius 1 is 0.197 bits per heavy atom. The molecule has 17 nitrogen and oxygen atoms in total. The molecule has 0 N–H and O–H groups in total. The van der Waals surface area contributed by atoms with E-state index in [1.54, 1.807) is 56.9 Å². The highest BCUT2D eigenvalue weighted by atomic mass is 16.5. The largest absolute Gasteiger partial charge is 0.497 e. The maximum Gasteiger partial charge on any atom is 0.194 e. The first kappa shape index (κ1) is 76.0. The molecule has 3 aliphatic rings. The Kier molecular flexibility index (Phi) is 20.2. The van der Waals surface area contributed by atoms with E-state index in [1.807, 2.05) is 206 Å². The van der Waals surface area contributed by atoms with E-state index < -0.39 is 0 Å². The standard InChI is InChI=1S/C105H82N6O11/c1-113-85-39-19-71(20-40-85)106(72-21-41-86(114-2)42-22-72)81-35-57-97-101(63-81)121-102-64-82(107(73-23-43-87(115-3)44-24-73)74-25-45-88(116-4)46-26-74)36-58-98(102)110(97)79-15-9-67(10-16-79)69-13-55-93-94-56-14-70(62-96(94)105(112)95(93)61-69)68-11-17-80(18-12-68)111-99-59-37-83(108(75-27-47-89(117-5)48-28-75)76-29-49-90(118-6)50-30-76)65-103(99)122-104-66-84(38-60-100(104)111)109(77-31-51-91(119-7)52-32-77)78-33-53-92(120-8)54-34-78/h9-66H,1-8H3. The van der Waals surface area contributed by atoms with Crippen LogP contribution in [0.25, 0.3) is 33.4 Å². The third kappa shape index (κ3) is 14.3. The van der Waals surface area contributed by atoms with Crippen molar-refractivity contribution >= 4 is 108 Å². The maximum absolute atomic E-state index is 15.1. The minimum atomic E-state index is -0.0299. The molecular formula is C105H82N6O11. The van der Waals surface area contributed by atoms with Crippen molar-refractivity contribution in [3.05, 3.63) is 363 Å². The van der Waals surface area contributed by atoms with Gasteiger partial charge in [0.05, 0.1) is 79.6 Å². The van der Waals surface area contributed by atoms with Crippen LogP contribution in [0.15, 0.2) is 352 Å². The molecule has 0 amide bonds. The van der Waals surface area contributed by atoms with E-state index in [2.05, 4.69) is 175 Å². The molecule has 122 heavy (non-hydrogen) atoms. The fraction of sp³-hybridized carbons (Fsp3) is 0.0762. The van der Waals surface area contributed by atoms with Gasteiger partial charge in [-0.25, -0.2) is 0 Å². The van der Waals surface area contributed by atoms with Gasteiger partial charge in [0.1, 0.15) is 46.0 Å². The quantitative estimate of drug-likeness (QED) is 0.0568. The summed E-state index contributed by atoms with van der Waals surface area (Å²) >= 11 is 0. The molecule has 2 heterocycles. The summed E-state index contributed by atoms with van der Waals surface area (Å²) in [4.78, 5) is 28.3. The number of ether oxygens (including phenoxy) is 10. The van der Waals surface area contributed by atoms with Crippen LogP contribution in [0, 0.1) is 0 Å². The number of carbonyl (C=O) groups excluding carboxylic acids is 1. The topological polar surface area (TPSA) is 129 Å². The van der Waals surface area contributed by atoms with Gasteiger partial charge < -0.3 is 76.8 Å². The summed E-state index contributed by atoms with van der Waals surface area (Å²) in [7, 11) is 13.3. The second kappa shape index (κ2) is 32.5. The van der Waals surface area contributed by atoms with Gasteiger partial charge in [0.2, 0.25) is 0 Å². The van der Waals surface area contributed by atoms with Crippen LogP contribution in [-0.2, 0) is 0 Å². The number of rotatable bonds is 24. The lowest BCUT2D eigenvalue weighted by molar-refractivity contribution is 0.104. The lowest BCUT2D eigenvalue weighted by atomic mass is 9.97. The van der Waals surface area contributed by atoms with Crippen LogP contribution in [0.1, 0.15) is 15.9 Å². The van der Waals surface area contributed by atoms with Crippen LogP contribution >= 0.6 is 0 Å². The Morgan fingerprint density at radius 3 is 0.582 bits per heavy atom. The van der Waals surface area contributed by atoms with Gasteiger partial charge in [-0.3, -0.25) is 4.79 Å². The number of hydrogen-bond donors (Lipinski definition) is 0. The number of methoxy groups -OCH3 is 8. The van der Waals surface area contributed by atoms with Gasteiger partial charge in [-0.1, -0.05) is 48.5 Å². The molecule has 16 aromatic carbocycles. The smallest absolute Gasteiger partial charge is 0.194 e. The van der Waals surface area contributed by atoms with Gasteiger partial charge in [-0.15, -0.1) is 0 Å². The molecule has 1 aliphatic carbocycles. The summed E-state index contributed by atoms with van der Waals surface area (Å²) in [5, 5.41) is 0. The van der Waals surface area contributed by atoms with Crippen LogP contribution in [0.3, 0.4) is 0 Å². The van der Waals surface area contributed by atoms with E-state index in [4.69, 9.17) is 47.4 Å². The van der Waals surface area contributed by atoms with Crippen LogP contribution < -0.4 is 76.8 Å². The summed E-state index contributed by atoms with van der Waals surface area (Å²) in [6.45, 7) is 0. The predicted molar refractivity (Wildman–Crippen MR) is 487 cm³/mol. The third-order valence-corrected chi connectivity index (χ3v) is 22.6. The van der Waals surface area contributed by atoms with Crippen molar-refractivity contribution in [1.29, 1.82) is 0 Å². The number of ketones is 1. The van der Waals surface area contributed by atoms with Crippen molar-refractivity contribution in [3.63, 3.8) is 0 Å². The SMILES string of the molecule is COc1ccc(N(c2ccc(OC)cc2)c2ccc3c(c2)Oc2cc(N(c4ccc(OC)cc4)c4ccc(OC)cc4)ccc2N3c2ccc(-c3ccc4c(c3)C(=O)c3cc(-c5ccc(N6c7ccc(N(c8ccc(OC)cc8)c8ccc(OC)cc8)cc7Oc7cc(N(c8ccc(OC)cc8)c8ccc(OC)cc8)ccc76)cc5)ccc3-4)cc2)cc1. The van der Waals surface area contributed by atoms with Gasteiger partial charge >= 0.3 is 0 Å². The fourth-order valence-electron chi connectivity index (χ4n) is 16.4. The molecule has 0 spiro atoms. The molecule has 2 aliphatic heterocycles. The maximum atomic E-state index is 15.1. The van der Waals surface area contributed by atoms with E-state index in [1.165, 1.54) is 0 Å². The lowest BCUT2D eigenvalue weighted by Gasteiger charge is -2.35. The molecule has 0 aromatic heterocycles.